The fourth-order valence-corrected chi connectivity index (χ4v) is 3.25. The Morgan fingerprint density at radius 3 is 2.45 bits per heavy atom. The van der Waals surface area contributed by atoms with Crippen LogP contribution in [0.15, 0.2) is 29.2 Å². The highest BCUT2D eigenvalue weighted by molar-refractivity contribution is 7.89. The maximum Gasteiger partial charge on any atom is 0.242 e. The van der Waals surface area contributed by atoms with Gasteiger partial charge in [0, 0.05) is 25.8 Å². The lowest BCUT2D eigenvalue weighted by atomic mass is 10.2. The molecule has 2 N–H and O–H groups in total. The van der Waals surface area contributed by atoms with E-state index in [2.05, 4.69) is 10.0 Å². The van der Waals surface area contributed by atoms with E-state index < -0.39 is 10.0 Å². The van der Waals surface area contributed by atoms with E-state index in [9.17, 15) is 8.42 Å². The molecule has 0 amide bonds. The molecular formula is C14H24N2O3S. The van der Waals surface area contributed by atoms with Gasteiger partial charge in [-0.3, -0.25) is 0 Å². The summed E-state index contributed by atoms with van der Waals surface area (Å²) in [7, 11) is -1.85. The zero-order valence-corrected chi connectivity index (χ0v) is 13.3. The normalized spacial score (nSPS) is 13.4. The highest BCUT2D eigenvalue weighted by atomic mass is 32.2. The Morgan fingerprint density at radius 2 is 1.85 bits per heavy atom. The van der Waals surface area contributed by atoms with E-state index in [-0.39, 0.29) is 17.0 Å². The zero-order chi connectivity index (χ0) is 15.2. The summed E-state index contributed by atoms with van der Waals surface area (Å²) < 4.78 is 32.2. The van der Waals surface area contributed by atoms with Crippen molar-refractivity contribution in [3.8, 4) is 0 Å². The van der Waals surface area contributed by atoms with Crippen LogP contribution >= 0.6 is 0 Å². The summed E-state index contributed by atoms with van der Waals surface area (Å²) in [6.07, 6.45) is 0.808. The summed E-state index contributed by atoms with van der Waals surface area (Å²) in [5, 5.41) is 3.23. The molecule has 1 aromatic rings. The fraction of sp³-hybridized carbons (Fsp3) is 0.571. The molecule has 0 aromatic heterocycles. The Hall–Kier alpha value is -1.11. The summed E-state index contributed by atoms with van der Waals surface area (Å²) in [6.45, 7) is 6.23. The van der Waals surface area contributed by atoms with Gasteiger partial charge in [-0.15, -0.1) is 0 Å². The predicted molar refractivity (Wildman–Crippen MR) is 81.5 cm³/mol. The molecule has 5 nitrogen and oxygen atoms in total. The number of rotatable bonds is 8. The van der Waals surface area contributed by atoms with Crippen LogP contribution in [0.4, 0.5) is 5.69 Å². The lowest BCUT2D eigenvalue weighted by Gasteiger charge is -2.18. The molecule has 20 heavy (non-hydrogen) atoms. The first-order chi connectivity index (χ1) is 9.36. The number of methoxy groups -OCH3 is 1. The third kappa shape index (κ3) is 5.11. The molecule has 0 saturated heterocycles. The van der Waals surface area contributed by atoms with Crippen molar-refractivity contribution < 1.29 is 13.2 Å². The van der Waals surface area contributed by atoms with Crippen LogP contribution in [0.2, 0.25) is 0 Å². The van der Waals surface area contributed by atoms with Gasteiger partial charge in [-0.1, -0.05) is 12.1 Å². The highest BCUT2D eigenvalue weighted by Gasteiger charge is 2.19. The van der Waals surface area contributed by atoms with Gasteiger partial charge in [0.2, 0.25) is 10.0 Å². The van der Waals surface area contributed by atoms with E-state index in [1.165, 1.54) is 0 Å². The minimum Gasteiger partial charge on any atom is -0.385 e. The standard InChI is InChI=1S/C14H24N2O3S/c1-11(2)16-20(17,18)14-8-6-5-7-13(14)15-12(3)9-10-19-4/h5-8,11-12,15-16H,9-10H2,1-4H3. The van der Waals surface area contributed by atoms with E-state index >= 15 is 0 Å². The van der Waals surface area contributed by atoms with Gasteiger partial charge in [0.15, 0.2) is 0 Å². The van der Waals surface area contributed by atoms with Gasteiger partial charge in [0.25, 0.3) is 0 Å². The van der Waals surface area contributed by atoms with Crippen LogP contribution < -0.4 is 10.0 Å². The Balaban J connectivity index is 2.93. The van der Waals surface area contributed by atoms with Crippen LogP contribution in [0.1, 0.15) is 27.2 Å². The van der Waals surface area contributed by atoms with Gasteiger partial charge in [0.05, 0.1) is 5.69 Å². The molecule has 0 aliphatic carbocycles. The van der Waals surface area contributed by atoms with E-state index in [4.69, 9.17) is 4.74 Å². The minimum absolute atomic E-state index is 0.130. The monoisotopic (exact) mass is 300 g/mol. The number of benzene rings is 1. The molecule has 0 aliphatic rings. The topological polar surface area (TPSA) is 67.4 Å². The van der Waals surface area contributed by atoms with Crippen molar-refractivity contribution in [2.24, 2.45) is 0 Å². The van der Waals surface area contributed by atoms with Gasteiger partial charge in [-0.2, -0.15) is 0 Å². The summed E-state index contributed by atoms with van der Waals surface area (Å²) >= 11 is 0. The molecule has 0 heterocycles. The van der Waals surface area contributed by atoms with Gasteiger partial charge < -0.3 is 10.1 Å². The van der Waals surface area contributed by atoms with Gasteiger partial charge >= 0.3 is 0 Å². The number of ether oxygens (including phenoxy) is 1. The molecule has 114 valence electrons. The van der Waals surface area contributed by atoms with Crippen LogP contribution in [-0.2, 0) is 14.8 Å². The second-order valence-corrected chi connectivity index (χ2v) is 6.78. The molecule has 1 atom stereocenters. The fourth-order valence-electron chi connectivity index (χ4n) is 1.83. The summed E-state index contributed by atoms with van der Waals surface area (Å²) in [6, 6.07) is 6.91. The minimum atomic E-state index is -3.50. The van der Waals surface area contributed by atoms with Crippen LogP contribution in [0.3, 0.4) is 0 Å². The van der Waals surface area contributed by atoms with Gasteiger partial charge in [0.1, 0.15) is 4.90 Å². The molecule has 0 saturated carbocycles. The van der Waals surface area contributed by atoms with Crippen molar-refractivity contribution in [3.63, 3.8) is 0 Å². The molecule has 1 aromatic carbocycles. The smallest absolute Gasteiger partial charge is 0.242 e. The summed E-state index contributed by atoms with van der Waals surface area (Å²) in [5.41, 5.74) is 0.615. The number of hydrogen-bond donors (Lipinski definition) is 2. The summed E-state index contributed by atoms with van der Waals surface area (Å²) in [5.74, 6) is 0. The molecule has 1 unspecified atom stereocenters. The predicted octanol–water partition coefficient (Wildman–Crippen LogP) is 2.21. The Kier molecular flexibility index (Phi) is 6.45. The van der Waals surface area contributed by atoms with Crippen molar-refractivity contribution in [3.05, 3.63) is 24.3 Å². The average molecular weight is 300 g/mol. The summed E-state index contributed by atoms with van der Waals surface area (Å²) in [4.78, 5) is 0.276. The Labute approximate surface area is 121 Å². The quantitative estimate of drug-likeness (QED) is 0.772. The number of sulfonamides is 1. The van der Waals surface area contributed by atoms with Crippen molar-refractivity contribution >= 4 is 15.7 Å². The van der Waals surface area contributed by atoms with Crippen molar-refractivity contribution in [1.29, 1.82) is 0 Å². The highest BCUT2D eigenvalue weighted by Crippen LogP contribution is 2.22. The van der Waals surface area contributed by atoms with E-state index in [0.29, 0.717) is 12.3 Å². The van der Waals surface area contributed by atoms with Crippen LogP contribution in [0.5, 0.6) is 0 Å². The van der Waals surface area contributed by atoms with E-state index in [1.54, 1.807) is 39.2 Å². The molecule has 0 bridgehead atoms. The number of hydrogen-bond acceptors (Lipinski definition) is 4. The van der Waals surface area contributed by atoms with Crippen molar-refractivity contribution in [2.75, 3.05) is 19.0 Å². The molecule has 1 rings (SSSR count). The van der Waals surface area contributed by atoms with Gasteiger partial charge in [-0.05, 0) is 39.3 Å². The largest absolute Gasteiger partial charge is 0.385 e. The second-order valence-electron chi connectivity index (χ2n) is 5.10. The number of nitrogens with one attached hydrogen (secondary N) is 2. The molecule has 0 spiro atoms. The molecule has 0 aliphatic heterocycles. The maximum absolute atomic E-state index is 12.3. The third-order valence-electron chi connectivity index (χ3n) is 2.72. The number of anilines is 1. The Bertz CT molecular complexity index is 515. The first-order valence-corrected chi connectivity index (χ1v) is 8.22. The zero-order valence-electron chi connectivity index (χ0n) is 12.5. The van der Waals surface area contributed by atoms with Crippen molar-refractivity contribution in [2.45, 2.75) is 44.2 Å². The van der Waals surface area contributed by atoms with Crippen LogP contribution in [0, 0.1) is 0 Å². The lowest BCUT2D eigenvalue weighted by molar-refractivity contribution is 0.191. The van der Waals surface area contributed by atoms with E-state index in [1.807, 2.05) is 13.0 Å². The SMILES string of the molecule is COCCC(C)Nc1ccccc1S(=O)(=O)NC(C)C. The van der Waals surface area contributed by atoms with Gasteiger partial charge in [-0.25, -0.2) is 13.1 Å². The third-order valence-corrected chi connectivity index (χ3v) is 4.44. The molecule has 0 radical (unpaired) electrons. The Morgan fingerprint density at radius 1 is 1.20 bits per heavy atom. The second kappa shape index (κ2) is 7.61. The van der Waals surface area contributed by atoms with Crippen LogP contribution in [-0.4, -0.2) is 34.2 Å². The average Bonchev–Trinajstić information content (AvgIpc) is 2.35. The molecule has 0 fully saturated rings. The molecule has 6 heteroatoms. The van der Waals surface area contributed by atoms with Crippen molar-refractivity contribution in [1.82, 2.24) is 4.72 Å². The number of para-hydroxylation sites is 1. The van der Waals surface area contributed by atoms with E-state index in [0.717, 1.165) is 6.42 Å². The van der Waals surface area contributed by atoms with Crippen LogP contribution in [0.25, 0.3) is 0 Å². The maximum atomic E-state index is 12.3. The lowest BCUT2D eigenvalue weighted by Crippen LogP contribution is -2.31. The first-order valence-electron chi connectivity index (χ1n) is 6.73. The first kappa shape index (κ1) is 16.9. The molecular weight excluding hydrogens is 276 g/mol.